The van der Waals surface area contributed by atoms with Crippen LogP contribution in [0.3, 0.4) is 0 Å². The van der Waals surface area contributed by atoms with Crippen LogP contribution in [0.25, 0.3) is 10.9 Å². The van der Waals surface area contributed by atoms with Crippen molar-refractivity contribution in [3.63, 3.8) is 0 Å². The third-order valence-corrected chi connectivity index (χ3v) is 5.15. The van der Waals surface area contributed by atoms with Gasteiger partial charge in [-0.15, -0.1) is 0 Å². The molecule has 2 heterocycles. The molecule has 1 unspecified atom stereocenters. The van der Waals surface area contributed by atoms with E-state index in [0.29, 0.717) is 6.04 Å². The molecule has 1 aliphatic rings. The molecule has 3 nitrogen and oxygen atoms in total. The molecule has 0 aliphatic carbocycles. The van der Waals surface area contributed by atoms with E-state index in [4.69, 9.17) is 11.6 Å². The maximum atomic E-state index is 6.07. The molecule has 0 bridgehead atoms. The third kappa shape index (κ3) is 4.15. The number of pyridine rings is 1. The lowest BCUT2D eigenvalue weighted by atomic mass is 10.0. The minimum Gasteiger partial charge on any atom is -0.382 e. The van der Waals surface area contributed by atoms with Crippen LogP contribution in [-0.4, -0.2) is 35.6 Å². The number of nitrogens with zero attached hydrogens (tertiary/aromatic N) is 2. The Labute approximate surface area is 144 Å². The first-order valence-corrected chi connectivity index (χ1v) is 9.06. The first-order valence-electron chi connectivity index (χ1n) is 8.69. The summed E-state index contributed by atoms with van der Waals surface area (Å²) in [4.78, 5) is 7.03. The lowest BCUT2D eigenvalue weighted by molar-refractivity contribution is 0.191. The quantitative estimate of drug-likeness (QED) is 0.852. The van der Waals surface area contributed by atoms with Crippen LogP contribution in [0.4, 0.5) is 5.69 Å². The third-order valence-electron chi connectivity index (χ3n) is 4.92. The Hall–Kier alpha value is -1.32. The molecule has 2 aromatic rings. The highest BCUT2D eigenvalue weighted by atomic mass is 35.5. The zero-order chi connectivity index (χ0) is 16.2. The smallest absolute Gasteiger partial charge is 0.0737 e. The average Bonchev–Trinajstić information content (AvgIpc) is 2.56. The van der Waals surface area contributed by atoms with Crippen molar-refractivity contribution >= 4 is 28.2 Å². The summed E-state index contributed by atoms with van der Waals surface area (Å²) in [6.45, 7) is 8.24. The van der Waals surface area contributed by atoms with E-state index in [0.717, 1.165) is 21.8 Å². The van der Waals surface area contributed by atoms with E-state index in [9.17, 15) is 0 Å². The van der Waals surface area contributed by atoms with E-state index in [1.54, 1.807) is 0 Å². The Morgan fingerprint density at radius 2 is 2.09 bits per heavy atom. The second kappa shape index (κ2) is 7.50. The van der Waals surface area contributed by atoms with Crippen LogP contribution in [0, 0.1) is 5.92 Å². The van der Waals surface area contributed by atoms with Crippen LogP contribution < -0.4 is 5.32 Å². The zero-order valence-electron chi connectivity index (χ0n) is 14.1. The molecule has 0 saturated carbocycles. The molecule has 4 heteroatoms. The molecule has 3 rings (SSSR count). The van der Waals surface area contributed by atoms with Crippen LogP contribution in [0.2, 0.25) is 5.02 Å². The number of piperidine rings is 1. The van der Waals surface area contributed by atoms with Gasteiger partial charge in [-0.25, -0.2) is 0 Å². The van der Waals surface area contributed by atoms with Gasteiger partial charge in [-0.3, -0.25) is 4.98 Å². The lowest BCUT2D eigenvalue weighted by Gasteiger charge is -2.34. The highest BCUT2D eigenvalue weighted by Crippen LogP contribution is 2.26. The van der Waals surface area contributed by atoms with Gasteiger partial charge >= 0.3 is 0 Å². The fraction of sp³-hybridized carbons (Fsp3) is 0.526. The SMILES string of the molecule is CCC(C)CN1CCC(Nc2ccnc3cc(Cl)ccc23)CC1. The Kier molecular flexibility index (Phi) is 5.39. The fourth-order valence-electron chi connectivity index (χ4n) is 3.30. The lowest BCUT2D eigenvalue weighted by Crippen LogP contribution is -2.40. The number of aromatic nitrogens is 1. The van der Waals surface area contributed by atoms with Crippen molar-refractivity contribution < 1.29 is 0 Å². The standard InChI is InChI=1S/C19H26ClN3/c1-3-14(2)13-23-10-7-16(8-11-23)22-18-6-9-21-19-12-15(20)4-5-17(18)19/h4-6,9,12,14,16H,3,7-8,10-11,13H2,1-2H3,(H,21,22). The molecular weight excluding hydrogens is 306 g/mol. The Morgan fingerprint density at radius 3 is 2.83 bits per heavy atom. The predicted octanol–water partition coefficient (Wildman–Crippen LogP) is 4.81. The molecule has 1 atom stereocenters. The highest BCUT2D eigenvalue weighted by molar-refractivity contribution is 6.31. The number of anilines is 1. The average molecular weight is 332 g/mol. The Morgan fingerprint density at radius 1 is 1.30 bits per heavy atom. The number of rotatable bonds is 5. The van der Waals surface area contributed by atoms with Crippen LogP contribution in [-0.2, 0) is 0 Å². The number of fused-ring (bicyclic) bond motifs is 1. The number of benzene rings is 1. The number of hydrogen-bond acceptors (Lipinski definition) is 3. The van der Waals surface area contributed by atoms with E-state index in [-0.39, 0.29) is 0 Å². The van der Waals surface area contributed by atoms with Gasteiger partial charge in [0.15, 0.2) is 0 Å². The van der Waals surface area contributed by atoms with Gasteiger partial charge < -0.3 is 10.2 Å². The molecule has 1 fully saturated rings. The Balaban J connectivity index is 1.63. The number of halogens is 1. The molecule has 0 amide bonds. The molecule has 1 saturated heterocycles. The van der Waals surface area contributed by atoms with E-state index in [1.807, 2.05) is 18.3 Å². The molecular formula is C19H26ClN3. The fourth-order valence-corrected chi connectivity index (χ4v) is 3.46. The minimum absolute atomic E-state index is 0.546. The van der Waals surface area contributed by atoms with Crippen LogP contribution in [0.15, 0.2) is 30.5 Å². The second-order valence-corrected chi connectivity index (χ2v) is 7.19. The summed E-state index contributed by atoms with van der Waals surface area (Å²) >= 11 is 6.07. The molecule has 1 aliphatic heterocycles. The van der Waals surface area contributed by atoms with E-state index in [1.165, 1.54) is 44.6 Å². The summed E-state index contributed by atoms with van der Waals surface area (Å²) in [5.74, 6) is 0.799. The van der Waals surface area contributed by atoms with Crippen molar-refractivity contribution in [1.29, 1.82) is 0 Å². The van der Waals surface area contributed by atoms with Gasteiger partial charge in [0.25, 0.3) is 0 Å². The van der Waals surface area contributed by atoms with E-state index in [2.05, 4.69) is 41.2 Å². The summed E-state index contributed by atoms with van der Waals surface area (Å²) in [6.07, 6.45) is 5.53. The molecule has 1 N–H and O–H groups in total. The van der Waals surface area contributed by atoms with Crippen molar-refractivity contribution in [2.24, 2.45) is 5.92 Å². The minimum atomic E-state index is 0.546. The maximum absolute atomic E-state index is 6.07. The van der Waals surface area contributed by atoms with Crippen molar-refractivity contribution in [2.45, 2.75) is 39.2 Å². The van der Waals surface area contributed by atoms with Gasteiger partial charge in [-0.1, -0.05) is 31.9 Å². The van der Waals surface area contributed by atoms with Crippen molar-refractivity contribution in [1.82, 2.24) is 9.88 Å². The van der Waals surface area contributed by atoms with E-state index < -0.39 is 0 Å². The molecule has 0 radical (unpaired) electrons. The monoisotopic (exact) mass is 331 g/mol. The molecule has 23 heavy (non-hydrogen) atoms. The zero-order valence-corrected chi connectivity index (χ0v) is 14.8. The van der Waals surface area contributed by atoms with Gasteiger partial charge in [0.1, 0.15) is 0 Å². The van der Waals surface area contributed by atoms with Crippen LogP contribution >= 0.6 is 11.6 Å². The van der Waals surface area contributed by atoms with Crippen molar-refractivity contribution in [3.05, 3.63) is 35.5 Å². The van der Waals surface area contributed by atoms with Gasteiger partial charge in [-0.05, 0) is 43.0 Å². The topological polar surface area (TPSA) is 28.2 Å². The van der Waals surface area contributed by atoms with E-state index >= 15 is 0 Å². The summed E-state index contributed by atoms with van der Waals surface area (Å²) in [5.41, 5.74) is 2.13. The molecule has 1 aromatic heterocycles. The van der Waals surface area contributed by atoms with Gasteiger partial charge in [-0.2, -0.15) is 0 Å². The van der Waals surface area contributed by atoms with Gasteiger partial charge in [0, 0.05) is 48.0 Å². The van der Waals surface area contributed by atoms with Crippen molar-refractivity contribution in [2.75, 3.05) is 25.0 Å². The predicted molar refractivity (Wildman–Crippen MR) is 99.3 cm³/mol. The first-order chi connectivity index (χ1) is 11.2. The van der Waals surface area contributed by atoms with Crippen molar-refractivity contribution in [3.8, 4) is 0 Å². The second-order valence-electron chi connectivity index (χ2n) is 6.75. The number of likely N-dealkylation sites (tertiary alicyclic amines) is 1. The molecule has 124 valence electrons. The summed E-state index contributed by atoms with van der Waals surface area (Å²) in [7, 11) is 0. The largest absolute Gasteiger partial charge is 0.382 e. The van der Waals surface area contributed by atoms with Crippen LogP contribution in [0.5, 0.6) is 0 Å². The first kappa shape index (κ1) is 16.5. The summed E-state index contributed by atoms with van der Waals surface area (Å²) in [6, 6.07) is 8.54. The number of nitrogens with one attached hydrogen (secondary N) is 1. The summed E-state index contributed by atoms with van der Waals surface area (Å²) < 4.78 is 0. The Bertz CT molecular complexity index is 650. The highest BCUT2D eigenvalue weighted by Gasteiger charge is 2.20. The van der Waals surface area contributed by atoms with Crippen LogP contribution in [0.1, 0.15) is 33.1 Å². The van der Waals surface area contributed by atoms with Gasteiger partial charge in [0.2, 0.25) is 0 Å². The normalized spacial score (nSPS) is 18.2. The molecule has 1 aromatic carbocycles. The maximum Gasteiger partial charge on any atom is 0.0737 e. The summed E-state index contributed by atoms with van der Waals surface area (Å²) in [5, 5.41) is 5.61. The number of hydrogen-bond donors (Lipinski definition) is 1. The molecule has 0 spiro atoms. The van der Waals surface area contributed by atoms with Gasteiger partial charge in [0.05, 0.1) is 5.52 Å².